The van der Waals surface area contributed by atoms with Crippen LogP contribution in [-0.4, -0.2) is 16.3 Å². The Balaban J connectivity index is 1.68. The minimum Gasteiger partial charge on any atom is -0.507 e. The highest BCUT2D eigenvalue weighted by molar-refractivity contribution is 9.10. The Morgan fingerprint density at radius 3 is 2.57 bits per heavy atom. The quantitative estimate of drug-likeness (QED) is 0.367. The van der Waals surface area contributed by atoms with Crippen LogP contribution >= 0.6 is 15.9 Å². The third-order valence-corrected chi connectivity index (χ3v) is 5.23. The first-order valence-electron chi connectivity index (χ1n) is 8.92. The van der Waals surface area contributed by atoms with E-state index in [0.29, 0.717) is 17.0 Å². The van der Waals surface area contributed by atoms with E-state index in [1.54, 1.807) is 6.21 Å². The van der Waals surface area contributed by atoms with E-state index in [1.807, 2.05) is 43.3 Å². The number of aromatic hydroxyl groups is 1. The van der Waals surface area contributed by atoms with Gasteiger partial charge in [0.2, 0.25) is 5.89 Å². The first-order chi connectivity index (χ1) is 13.4. The molecule has 1 heterocycles. The van der Waals surface area contributed by atoms with Crippen LogP contribution in [0.5, 0.6) is 5.75 Å². The fourth-order valence-corrected chi connectivity index (χ4v) is 3.59. The summed E-state index contributed by atoms with van der Waals surface area (Å²) in [6.07, 6.45) is 1.65. The van der Waals surface area contributed by atoms with Crippen molar-refractivity contribution in [1.82, 2.24) is 4.98 Å². The third kappa shape index (κ3) is 3.58. The largest absolute Gasteiger partial charge is 0.507 e. The zero-order valence-corrected chi connectivity index (χ0v) is 17.4. The van der Waals surface area contributed by atoms with Crippen LogP contribution in [0.2, 0.25) is 0 Å². The average Bonchev–Trinajstić information content (AvgIpc) is 3.09. The molecule has 28 heavy (non-hydrogen) atoms. The molecule has 0 atom stereocenters. The molecule has 1 aromatic heterocycles. The molecule has 3 aromatic carbocycles. The van der Waals surface area contributed by atoms with Gasteiger partial charge in [-0.2, -0.15) is 0 Å². The molecular weight excluding hydrogens is 416 g/mol. The van der Waals surface area contributed by atoms with Crippen LogP contribution in [0.25, 0.3) is 22.6 Å². The summed E-state index contributed by atoms with van der Waals surface area (Å²) >= 11 is 3.45. The van der Waals surface area contributed by atoms with Crippen LogP contribution in [0.1, 0.15) is 22.3 Å². The van der Waals surface area contributed by atoms with Gasteiger partial charge >= 0.3 is 0 Å². The van der Waals surface area contributed by atoms with Gasteiger partial charge in [0.25, 0.3) is 0 Å². The van der Waals surface area contributed by atoms with E-state index in [9.17, 15) is 5.11 Å². The van der Waals surface area contributed by atoms with E-state index in [-0.39, 0.29) is 5.75 Å². The second kappa shape index (κ2) is 7.24. The van der Waals surface area contributed by atoms with Gasteiger partial charge in [0, 0.05) is 21.8 Å². The number of aryl methyl sites for hydroxylation is 3. The molecule has 0 aliphatic heterocycles. The van der Waals surface area contributed by atoms with E-state index in [4.69, 9.17) is 4.42 Å². The molecule has 0 bridgehead atoms. The number of oxazole rings is 1. The Kier molecular flexibility index (Phi) is 4.77. The molecular formula is C23H19BrN2O2. The van der Waals surface area contributed by atoms with Gasteiger partial charge in [-0.15, -0.1) is 0 Å². The molecule has 0 saturated carbocycles. The highest BCUT2D eigenvalue weighted by Gasteiger charge is 2.10. The summed E-state index contributed by atoms with van der Waals surface area (Å²) in [5.41, 5.74) is 7.05. The molecule has 4 nitrogen and oxygen atoms in total. The Morgan fingerprint density at radius 1 is 0.964 bits per heavy atom. The molecule has 4 aromatic rings. The SMILES string of the molecule is Cc1ccc(-c2nc3cc(N=Cc4cc(Br)cc(C)c4O)ccc3o2)cc1C. The molecule has 140 valence electrons. The van der Waals surface area contributed by atoms with Crippen molar-refractivity contribution < 1.29 is 9.52 Å². The molecule has 4 rings (SSSR count). The van der Waals surface area contributed by atoms with Crippen molar-refractivity contribution in [2.75, 3.05) is 0 Å². The number of aliphatic imine (C=N–C) groups is 1. The van der Waals surface area contributed by atoms with Gasteiger partial charge in [0.15, 0.2) is 5.58 Å². The van der Waals surface area contributed by atoms with Gasteiger partial charge in [0.05, 0.1) is 5.69 Å². The van der Waals surface area contributed by atoms with Crippen LogP contribution in [0.3, 0.4) is 0 Å². The monoisotopic (exact) mass is 434 g/mol. The first kappa shape index (κ1) is 18.4. The van der Waals surface area contributed by atoms with Gasteiger partial charge in [-0.05, 0) is 79.9 Å². The van der Waals surface area contributed by atoms with Gasteiger partial charge < -0.3 is 9.52 Å². The normalized spacial score (nSPS) is 11.6. The Morgan fingerprint density at radius 2 is 1.79 bits per heavy atom. The minimum atomic E-state index is 0.228. The first-order valence-corrected chi connectivity index (χ1v) is 9.71. The van der Waals surface area contributed by atoms with E-state index in [1.165, 1.54) is 11.1 Å². The van der Waals surface area contributed by atoms with Crippen LogP contribution in [0.4, 0.5) is 5.69 Å². The molecule has 0 aliphatic rings. The Hall–Kier alpha value is -2.92. The highest BCUT2D eigenvalue weighted by Crippen LogP contribution is 2.29. The van der Waals surface area contributed by atoms with Crippen molar-refractivity contribution in [2.45, 2.75) is 20.8 Å². The lowest BCUT2D eigenvalue weighted by atomic mass is 10.1. The van der Waals surface area contributed by atoms with Crippen molar-refractivity contribution >= 4 is 38.9 Å². The fraction of sp³-hybridized carbons (Fsp3) is 0.130. The lowest BCUT2D eigenvalue weighted by Crippen LogP contribution is -1.86. The van der Waals surface area contributed by atoms with Crippen LogP contribution in [-0.2, 0) is 0 Å². The molecule has 0 amide bonds. The second-order valence-corrected chi connectivity index (χ2v) is 7.80. The lowest BCUT2D eigenvalue weighted by molar-refractivity contribution is 0.470. The zero-order valence-electron chi connectivity index (χ0n) is 15.8. The van der Waals surface area contributed by atoms with Crippen molar-refractivity contribution in [3.05, 3.63) is 75.3 Å². The molecule has 0 spiro atoms. The number of rotatable bonds is 3. The minimum absolute atomic E-state index is 0.228. The molecule has 5 heteroatoms. The van der Waals surface area contributed by atoms with Crippen molar-refractivity contribution in [3.63, 3.8) is 0 Å². The summed E-state index contributed by atoms with van der Waals surface area (Å²) in [6, 6.07) is 15.5. The standard InChI is InChI=1S/C23H19BrN2O2/c1-13-4-5-16(8-14(13)2)23-26-20-11-19(6-7-21(20)28-23)25-12-17-10-18(24)9-15(3)22(17)27/h4-12,27H,1-3H3. The summed E-state index contributed by atoms with van der Waals surface area (Å²) in [5, 5.41) is 10.2. The third-order valence-electron chi connectivity index (χ3n) is 4.77. The molecule has 0 unspecified atom stereocenters. The number of aromatic nitrogens is 1. The molecule has 1 N–H and O–H groups in total. The maximum Gasteiger partial charge on any atom is 0.227 e. The van der Waals surface area contributed by atoms with E-state index < -0.39 is 0 Å². The summed E-state index contributed by atoms with van der Waals surface area (Å²) in [4.78, 5) is 9.11. The van der Waals surface area contributed by atoms with Gasteiger partial charge in [-0.1, -0.05) is 22.0 Å². The molecule has 0 radical (unpaired) electrons. The maximum absolute atomic E-state index is 10.2. The predicted molar refractivity (Wildman–Crippen MR) is 117 cm³/mol. The van der Waals surface area contributed by atoms with Gasteiger partial charge in [0.1, 0.15) is 11.3 Å². The summed E-state index contributed by atoms with van der Waals surface area (Å²) < 4.78 is 6.81. The van der Waals surface area contributed by atoms with Crippen LogP contribution < -0.4 is 0 Å². The number of fused-ring (bicyclic) bond motifs is 1. The maximum atomic E-state index is 10.2. The smallest absolute Gasteiger partial charge is 0.227 e. The van der Waals surface area contributed by atoms with Crippen molar-refractivity contribution in [1.29, 1.82) is 0 Å². The van der Waals surface area contributed by atoms with Gasteiger partial charge in [-0.3, -0.25) is 4.99 Å². The van der Waals surface area contributed by atoms with E-state index in [2.05, 4.69) is 51.9 Å². The number of phenolic OH excluding ortho intramolecular Hbond substituents is 1. The summed E-state index contributed by atoms with van der Waals surface area (Å²) in [6.45, 7) is 6.01. The second-order valence-electron chi connectivity index (χ2n) is 6.89. The van der Waals surface area contributed by atoms with Crippen molar-refractivity contribution in [2.24, 2.45) is 4.99 Å². The number of halogens is 1. The molecule has 0 saturated heterocycles. The van der Waals surface area contributed by atoms with E-state index in [0.717, 1.165) is 26.8 Å². The zero-order chi connectivity index (χ0) is 19.8. The Bertz CT molecular complexity index is 1220. The number of nitrogens with zero attached hydrogens (tertiary/aromatic N) is 2. The highest BCUT2D eigenvalue weighted by atomic mass is 79.9. The number of hydrogen-bond acceptors (Lipinski definition) is 4. The summed E-state index contributed by atoms with van der Waals surface area (Å²) in [7, 11) is 0. The molecule has 0 aliphatic carbocycles. The number of benzene rings is 3. The van der Waals surface area contributed by atoms with E-state index >= 15 is 0 Å². The van der Waals surface area contributed by atoms with Gasteiger partial charge in [-0.25, -0.2) is 4.98 Å². The Labute approximate surface area is 171 Å². The lowest BCUT2D eigenvalue weighted by Gasteiger charge is -2.03. The average molecular weight is 435 g/mol. The van der Waals surface area contributed by atoms with Crippen LogP contribution in [0.15, 0.2) is 62.4 Å². The van der Waals surface area contributed by atoms with Crippen molar-refractivity contribution in [3.8, 4) is 17.2 Å². The van der Waals surface area contributed by atoms with Crippen LogP contribution in [0, 0.1) is 20.8 Å². The topological polar surface area (TPSA) is 58.6 Å². The predicted octanol–water partition coefficient (Wildman–Crippen LogP) is 6.64. The summed E-state index contributed by atoms with van der Waals surface area (Å²) in [5.74, 6) is 0.825. The number of phenols is 1. The fourth-order valence-electron chi connectivity index (χ4n) is 3.00. The number of hydrogen-bond donors (Lipinski definition) is 1. The molecule has 0 fully saturated rings.